The number of benzene rings is 2. The van der Waals surface area contributed by atoms with E-state index in [1.54, 1.807) is 36.7 Å². The van der Waals surface area contributed by atoms with E-state index in [2.05, 4.69) is 59.1 Å². The number of allylic oxidation sites excluding steroid dienone is 2. The number of phenolic OH excluding ortho intramolecular Hbond substituents is 1. The van der Waals surface area contributed by atoms with Gasteiger partial charge in [0.1, 0.15) is 18.0 Å². The molecule has 0 unspecified atom stereocenters. The lowest BCUT2D eigenvalue weighted by molar-refractivity contribution is -0.00877. The van der Waals surface area contributed by atoms with E-state index < -0.39 is 36.9 Å². The van der Waals surface area contributed by atoms with Gasteiger partial charge in [-0.25, -0.2) is 4.98 Å². The quantitative estimate of drug-likeness (QED) is 0.0725. The number of aromatic nitrogens is 2. The van der Waals surface area contributed by atoms with Crippen LogP contribution in [0.5, 0.6) is 11.5 Å². The van der Waals surface area contributed by atoms with Gasteiger partial charge in [-0.05, 0) is 91.3 Å². The summed E-state index contributed by atoms with van der Waals surface area (Å²) < 4.78 is 6.36. The summed E-state index contributed by atoms with van der Waals surface area (Å²) in [6.07, 6.45) is 9.37. The second-order valence-electron chi connectivity index (χ2n) is 15.2. The molecule has 6 rings (SSSR count). The summed E-state index contributed by atoms with van der Waals surface area (Å²) in [4.78, 5) is 8.57. The Balaban J connectivity index is 1.24. The van der Waals surface area contributed by atoms with Crippen molar-refractivity contribution < 1.29 is 30.3 Å². The van der Waals surface area contributed by atoms with Crippen molar-refractivity contribution in [3.05, 3.63) is 120 Å². The summed E-state index contributed by atoms with van der Waals surface area (Å²) in [6, 6.07) is 23.0. The van der Waals surface area contributed by atoms with Crippen LogP contribution in [-0.2, 0) is 12.8 Å². The van der Waals surface area contributed by atoms with E-state index >= 15 is 0 Å². The Labute approximate surface area is 319 Å². The van der Waals surface area contributed by atoms with Gasteiger partial charge < -0.3 is 41.0 Å². The first kappa shape index (κ1) is 39.1. The monoisotopic (exact) mass is 732 g/mol. The van der Waals surface area contributed by atoms with Crippen molar-refractivity contribution in [1.29, 1.82) is 0 Å². The molecular formula is C45H54N3O6-. The van der Waals surface area contributed by atoms with Crippen LogP contribution < -0.4 is 15.5 Å². The Morgan fingerprint density at radius 2 is 1.76 bits per heavy atom. The Bertz CT molecular complexity index is 1850. The highest BCUT2D eigenvalue weighted by atomic mass is 16.5. The number of nitrogens with two attached hydrogens (primary N) is 1. The molecule has 2 aliphatic rings. The molecular weight excluding hydrogens is 679 g/mol. The minimum absolute atomic E-state index is 0.111. The number of nitrogens with zero attached hydrogens (tertiary/aromatic N) is 2. The third kappa shape index (κ3) is 10.1. The molecule has 0 amide bonds. The zero-order chi connectivity index (χ0) is 38.0. The van der Waals surface area contributed by atoms with Crippen molar-refractivity contribution in [1.82, 2.24) is 9.97 Å². The zero-order valence-electron chi connectivity index (χ0n) is 31.0. The van der Waals surface area contributed by atoms with Gasteiger partial charge in [-0.1, -0.05) is 92.3 Å². The van der Waals surface area contributed by atoms with E-state index in [1.807, 2.05) is 30.3 Å². The van der Waals surface area contributed by atoms with Crippen LogP contribution in [0.25, 0.3) is 0 Å². The molecule has 0 saturated heterocycles. The third-order valence-corrected chi connectivity index (χ3v) is 11.3. The highest BCUT2D eigenvalue weighted by Gasteiger charge is 2.37. The van der Waals surface area contributed by atoms with Crippen molar-refractivity contribution >= 4 is 5.82 Å². The number of anilines is 1. The number of ether oxygens (including phenoxy) is 1. The summed E-state index contributed by atoms with van der Waals surface area (Å²) in [5.41, 5.74) is 9.89. The number of hydrogen-bond donors (Lipinski definition) is 6. The first-order valence-electron chi connectivity index (χ1n) is 19.3. The number of pyridine rings is 1. The number of fused-ring (bicyclic) bond motifs is 1. The highest BCUT2D eigenvalue weighted by Crippen LogP contribution is 2.40. The minimum Gasteiger partial charge on any atom is -0.668 e. The number of aliphatic hydroxyl groups excluding tert-OH is 4. The van der Waals surface area contributed by atoms with E-state index in [9.17, 15) is 25.5 Å². The number of hydrogen-bond acceptors (Lipinski definition) is 8. The van der Waals surface area contributed by atoms with Crippen LogP contribution in [0, 0.1) is 35.5 Å². The molecule has 4 aromatic rings. The number of nitrogen functional groups attached to an aromatic ring is 1. The molecule has 9 heteroatoms. The maximum Gasteiger partial charge on any atom is 0.161 e. The Morgan fingerprint density at radius 3 is 2.52 bits per heavy atom. The average Bonchev–Trinajstić information content (AvgIpc) is 3.63. The number of phenols is 1. The second-order valence-corrected chi connectivity index (χ2v) is 15.2. The Morgan fingerprint density at radius 1 is 0.944 bits per heavy atom. The van der Waals surface area contributed by atoms with Gasteiger partial charge in [0.25, 0.3) is 0 Å². The first-order valence-corrected chi connectivity index (χ1v) is 19.3. The number of aromatic hydroxyl groups is 1. The summed E-state index contributed by atoms with van der Waals surface area (Å²) in [7, 11) is 0. The van der Waals surface area contributed by atoms with Gasteiger partial charge in [-0.2, -0.15) is 11.9 Å². The third-order valence-electron chi connectivity index (χ3n) is 11.3. The van der Waals surface area contributed by atoms with Crippen molar-refractivity contribution in [3.63, 3.8) is 0 Å². The maximum absolute atomic E-state index is 11.7. The lowest BCUT2D eigenvalue weighted by atomic mass is 9.78. The average molecular weight is 733 g/mol. The standard InChI is InChI=1S/C45H54N3O6/c1-29(22-30-8-3-2-4-9-30)31-10-5-6-12-39(51)45-32(14-13-31)15-16-33(24-40(45)52)34-17-18-38(50)42(25-34)54-43(41(53)28-49)26-36(23-37-11-7-20-47-37)35-19-21-48-44(46)27-35/h2-4,7-9,11,15-21,25,27,29,31-33,36,39-41,43,45,49-53H,5-6,10,12,22-24,26,28H2,1H3,(H2,46,48)/q-1/t29-,31+,32-,33+,36+,39+,40-,41-,43-,45-/m1/s1. The molecule has 0 bridgehead atoms. The molecule has 2 aliphatic carbocycles. The smallest absolute Gasteiger partial charge is 0.161 e. The van der Waals surface area contributed by atoms with E-state index in [1.165, 1.54) is 5.56 Å². The molecule has 286 valence electrons. The molecule has 54 heavy (non-hydrogen) atoms. The molecule has 0 spiro atoms. The molecule has 10 atom stereocenters. The van der Waals surface area contributed by atoms with Crippen molar-refractivity contribution in [2.45, 2.75) is 94.5 Å². The molecule has 2 aromatic carbocycles. The van der Waals surface area contributed by atoms with Crippen molar-refractivity contribution in [3.8, 4) is 23.3 Å². The number of aliphatic hydroxyl groups is 4. The first-order chi connectivity index (χ1) is 26.2. The van der Waals surface area contributed by atoms with Gasteiger partial charge in [-0.15, -0.1) is 0 Å². The SMILES string of the molecule is C[C@H](Cc1ccccc1)[C@@H]1C#C[C@@H]2C=C[C@H](c3ccc(O)c(O[C@H](C[C@H](Cc4ccc[n-]4)c4ccnc(N)c4)[C@H](O)CO)c3)C[C@@H](O)[C@H]2[C@@H](O)CCCC1. The summed E-state index contributed by atoms with van der Waals surface area (Å²) in [5.74, 6) is 6.89. The molecule has 0 radical (unpaired) electrons. The van der Waals surface area contributed by atoms with Crippen LogP contribution in [0.4, 0.5) is 5.82 Å². The van der Waals surface area contributed by atoms with Gasteiger partial charge in [0.2, 0.25) is 0 Å². The van der Waals surface area contributed by atoms with Crippen LogP contribution in [0.15, 0.2) is 97.3 Å². The minimum atomic E-state index is -1.24. The predicted molar refractivity (Wildman–Crippen MR) is 210 cm³/mol. The van der Waals surface area contributed by atoms with Crippen molar-refractivity contribution in [2.24, 2.45) is 23.7 Å². The fourth-order valence-corrected chi connectivity index (χ4v) is 8.21. The second kappa shape index (κ2) is 18.6. The fourth-order valence-electron chi connectivity index (χ4n) is 8.21. The van der Waals surface area contributed by atoms with E-state index in [4.69, 9.17) is 10.5 Å². The van der Waals surface area contributed by atoms with Crippen LogP contribution in [0.2, 0.25) is 0 Å². The topological polar surface area (TPSA) is 163 Å². The molecule has 0 aliphatic heterocycles. The lowest BCUT2D eigenvalue weighted by Crippen LogP contribution is -2.37. The van der Waals surface area contributed by atoms with Crippen LogP contribution >= 0.6 is 0 Å². The van der Waals surface area contributed by atoms with E-state index in [0.717, 1.165) is 42.5 Å². The normalized spacial score (nSPS) is 25.2. The molecule has 0 fully saturated rings. The van der Waals surface area contributed by atoms with E-state index in [0.29, 0.717) is 31.0 Å². The molecule has 9 nitrogen and oxygen atoms in total. The Hall–Kier alpha value is -4.59. The van der Waals surface area contributed by atoms with Gasteiger partial charge in [0, 0.05) is 29.9 Å². The zero-order valence-corrected chi connectivity index (χ0v) is 31.0. The molecule has 7 N–H and O–H groups in total. The molecule has 2 aromatic heterocycles. The van der Waals surface area contributed by atoms with E-state index in [-0.39, 0.29) is 41.6 Å². The van der Waals surface area contributed by atoms with Gasteiger partial charge in [0.05, 0.1) is 18.8 Å². The van der Waals surface area contributed by atoms with Gasteiger partial charge in [0.15, 0.2) is 11.5 Å². The lowest BCUT2D eigenvalue weighted by Gasteiger charge is -2.31. The van der Waals surface area contributed by atoms with Crippen LogP contribution in [0.1, 0.15) is 79.7 Å². The largest absolute Gasteiger partial charge is 0.668 e. The molecule has 2 heterocycles. The summed E-state index contributed by atoms with van der Waals surface area (Å²) in [5, 5.41) is 55.2. The fraction of sp³-hybridized carbons (Fsp3) is 0.444. The summed E-state index contributed by atoms with van der Waals surface area (Å²) in [6.45, 7) is 1.73. The van der Waals surface area contributed by atoms with Crippen molar-refractivity contribution in [2.75, 3.05) is 12.3 Å². The van der Waals surface area contributed by atoms with Gasteiger partial charge in [-0.3, -0.25) is 0 Å². The number of rotatable bonds is 13. The van der Waals surface area contributed by atoms with Crippen LogP contribution in [0.3, 0.4) is 0 Å². The van der Waals surface area contributed by atoms with Gasteiger partial charge >= 0.3 is 0 Å². The maximum atomic E-state index is 11.7. The molecule has 0 saturated carbocycles. The summed E-state index contributed by atoms with van der Waals surface area (Å²) >= 11 is 0. The van der Waals surface area contributed by atoms with Crippen LogP contribution in [-0.4, -0.2) is 61.5 Å². The highest BCUT2D eigenvalue weighted by molar-refractivity contribution is 5.44. The predicted octanol–water partition coefficient (Wildman–Crippen LogP) is 5.91. The Kier molecular flexibility index (Phi) is 13.5.